The van der Waals surface area contributed by atoms with Crippen molar-refractivity contribution >= 4 is 51.0 Å². The molecule has 0 bridgehead atoms. The van der Waals surface area contributed by atoms with E-state index >= 15 is 0 Å². The van der Waals surface area contributed by atoms with Crippen LogP contribution in [0, 0.1) is 0 Å². The molecular weight excluding hydrogens is 321 g/mol. The number of methoxy groups -OCH3 is 1. The first-order chi connectivity index (χ1) is 10.6. The van der Waals surface area contributed by atoms with E-state index in [0.717, 1.165) is 34.8 Å². The van der Waals surface area contributed by atoms with Crippen molar-refractivity contribution in [2.24, 2.45) is 0 Å². The monoisotopic (exact) mass is 335 g/mol. The molecule has 0 aliphatic rings. The van der Waals surface area contributed by atoms with Crippen LogP contribution in [0.1, 0.15) is 12.8 Å². The van der Waals surface area contributed by atoms with Gasteiger partial charge in [-0.05, 0) is 42.8 Å². The van der Waals surface area contributed by atoms with E-state index in [2.05, 4.69) is 4.57 Å². The molecule has 0 fully saturated rings. The van der Waals surface area contributed by atoms with Crippen LogP contribution in [-0.4, -0.2) is 17.6 Å². The van der Waals surface area contributed by atoms with Crippen molar-refractivity contribution in [3.8, 4) is 0 Å². The molecule has 0 N–H and O–H groups in total. The molecule has 114 valence electrons. The first kappa shape index (κ1) is 15.2. The van der Waals surface area contributed by atoms with Crippen molar-refractivity contribution in [1.29, 1.82) is 0 Å². The Morgan fingerprint density at radius 1 is 1.05 bits per heavy atom. The lowest BCUT2D eigenvalue weighted by atomic mass is 10.1. The van der Waals surface area contributed by atoms with Crippen molar-refractivity contribution in [3.05, 3.63) is 46.4 Å². The summed E-state index contributed by atoms with van der Waals surface area (Å²) in [7, 11) is 1.41. The van der Waals surface area contributed by atoms with Crippen molar-refractivity contribution in [3.63, 3.8) is 0 Å². The minimum absolute atomic E-state index is 0.188. The number of hydrogen-bond donors (Lipinski definition) is 0. The van der Waals surface area contributed by atoms with Crippen molar-refractivity contribution in [2.75, 3.05) is 7.11 Å². The van der Waals surface area contributed by atoms with Gasteiger partial charge in [0, 0.05) is 44.8 Å². The second-order valence-corrected chi connectivity index (χ2v) is 6.03. The maximum absolute atomic E-state index is 11.3. The Kier molecular flexibility index (Phi) is 4.27. The van der Waals surface area contributed by atoms with Crippen LogP contribution in [0.15, 0.2) is 36.4 Å². The number of benzene rings is 2. The molecule has 0 aliphatic carbocycles. The van der Waals surface area contributed by atoms with Crippen LogP contribution < -0.4 is 0 Å². The summed E-state index contributed by atoms with van der Waals surface area (Å²) in [5.74, 6) is -0.188. The number of hydrogen-bond acceptors (Lipinski definition) is 2. The minimum Gasteiger partial charge on any atom is -0.469 e. The van der Waals surface area contributed by atoms with E-state index in [9.17, 15) is 4.79 Å². The van der Waals surface area contributed by atoms with Crippen LogP contribution in [0.5, 0.6) is 0 Å². The van der Waals surface area contributed by atoms with Gasteiger partial charge < -0.3 is 9.30 Å². The third kappa shape index (κ3) is 2.79. The van der Waals surface area contributed by atoms with Gasteiger partial charge in [0.05, 0.1) is 7.11 Å². The zero-order chi connectivity index (χ0) is 15.7. The molecule has 0 amide bonds. The van der Waals surface area contributed by atoms with Crippen LogP contribution in [0.4, 0.5) is 0 Å². The van der Waals surface area contributed by atoms with Crippen LogP contribution in [0.2, 0.25) is 10.0 Å². The molecule has 5 heteroatoms. The number of aryl methyl sites for hydroxylation is 1. The van der Waals surface area contributed by atoms with E-state index in [4.69, 9.17) is 27.9 Å². The third-order valence-electron chi connectivity index (χ3n) is 3.78. The second-order valence-electron chi connectivity index (χ2n) is 5.15. The summed E-state index contributed by atoms with van der Waals surface area (Å²) in [5.41, 5.74) is 2.18. The topological polar surface area (TPSA) is 31.2 Å². The number of ether oxygens (including phenoxy) is 1. The molecule has 0 saturated carbocycles. The molecule has 0 radical (unpaired) electrons. The van der Waals surface area contributed by atoms with Gasteiger partial charge in [-0.2, -0.15) is 0 Å². The van der Waals surface area contributed by atoms with Gasteiger partial charge in [-0.3, -0.25) is 4.79 Å². The molecule has 1 aromatic heterocycles. The lowest BCUT2D eigenvalue weighted by Crippen LogP contribution is -2.04. The Bertz CT molecular complexity index is 795. The van der Waals surface area contributed by atoms with E-state index < -0.39 is 0 Å². The molecule has 0 spiro atoms. The number of nitrogens with zero attached hydrogens (tertiary/aromatic N) is 1. The molecular formula is C17H15Cl2NO2. The average molecular weight is 336 g/mol. The summed E-state index contributed by atoms with van der Waals surface area (Å²) in [5, 5.41) is 3.54. The van der Waals surface area contributed by atoms with E-state index in [1.54, 1.807) is 0 Å². The molecule has 22 heavy (non-hydrogen) atoms. The first-order valence-corrected chi connectivity index (χ1v) is 7.79. The summed E-state index contributed by atoms with van der Waals surface area (Å²) in [6, 6.07) is 11.7. The Balaban J connectivity index is 2.08. The molecule has 1 heterocycles. The molecule has 0 atom stereocenters. The van der Waals surface area contributed by atoms with Crippen LogP contribution in [0.25, 0.3) is 21.8 Å². The Labute approximate surface area is 138 Å². The predicted octanol–water partition coefficient (Wildman–Crippen LogP) is 5.05. The molecule has 0 aliphatic heterocycles. The SMILES string of the molecule is COC(=O)CCCn1c2ccc(Cl)cc2c2cc(Cl)ccc21. The smallest absolute Gasteiger partial charge is 0.305 e. The molecule has 0 saturated heterocycles. The zero-order valence-corrected chi connectivity index (χ0v) is 13.6. The molecule has 3 aromatic rings. The quantitative estimate of drug-likeness (QED) is 0.624. The van der Waals surface area contributed by atoms with E-state index in [1.807, 2.05) is 36.4 Å². The maximum atomic E-state index is 11.3. The van der Waals surface area contributed by atoms with Crippen LogP contribution in [-0.2, 0) is 16.1 Å². The Morgan fingerprint density at radius 2 is 1.59 bits per heavy atom. The van der Waals surface area contributed by atoms with Gasteiger partial charge in [0.1, 0.15) is 0 Å². The van der Waals surface area contributed by atoms with Gasteiger partial charge in [-0.1, -0.05) is 23.2 Å². The molecule has 0 unspecified atom stereocenters. The van der Waals surface area contributed by atoms with E-state index in [-0.39, 0.29) is 5.97 Å². The Morgan fingerprint density at radius 3 is 2.09 bits per heavy atom. The lowest BCUT2D eigenvalue weighted by Gasteiger charge is -2.07. The standard InChI is InChI=1S/C17H15Cl2NO2/c1-22-17(21)3-2-8-20-15-6-4-11(18)9-13(15)14-10-12(19)5-7-16(14)20/h4-7,9-10H,2-3,8H2,1H3. The fourth-order valence-corrected chi connectivity index (χ4v) is 3.12. The number of rotatable bonds is 4. The highest BCUT2D eigenvalue weighted by Crippen LogP contribution is 2.33. The normalized spacial score (nSPS) is 11.2. The lowest BCUT2D eigenvalue weighted by molar-refractivity contribution is -0.140. The summed E-state index contributed by atoms with van der Waals surface area (Å²) >= 11 is 12.3. The van der Waals surface area contributed by atoms with E-state index in [0.29, 0.717) is 16.5 Å². The van der Waals surface area contributed by atoms with E-state index in [1.165, 1.54) is 7.11 Å². The number of esters is 1. The molecule has 2 aromatic carbocycles. The number of halogens is 2. The third-order valence-corrected chi connectivity index (χ3v) is 4.25. The highest BCUT2D eigenvalue weighted by Gasteiger charge is 2.12. The largest absolute Gasteiger partial charge is 0.469 e. The van der Waals surface area contributed by atoms with Gasteiger partial charge in [-0.15, -0.1) is 0 Å². The number of fused-ring (bicyclic) bond motifs is 3. The van der Waals surface area contributed by atoms with Crippen molar-refractivity contribution in [1.82, 2.24) is 4.57 Å². The van der Waals surface area contributed by atoms with Gasteiger partial charge >= 0.3 is 5.97 Å². The van der Waals surface area contributed by atoms with Crippen LogP contribution >= 0.6 is 23.2 Å². The first-order valence-electron chi connectivity index (χ1n) is 7.04. The average Bonchev–Trinajstić information content (AvgIpc) is 2.80. The summed E-state index contributed by atoms with van der Waals surface area (Å²) < 4.78 is 6.89. The van der Waals surface area contributed by atoms with Crippen LogP contribution in [0.3, 0.4) is 0 Å². The van der Waals surface area contributed by atoms with Gasteiger partial charge in [0.25, 0.3) is 0 Å². The predicted molar refractivity (Wildman–Crippen MR) is 90.7 cm³/mol. The van der Waals surface area contributed by atoms with Gasteiger partial charge in [-0.25, -0.2) is 0 Å². The maximum Gasteiger partial charge on any atom is 0.305 e. The minimum atomic E-state index is -0.188. The van der Waals surface area contributed by atoms with Gasteiger partial charge in [0.15, 0.2) is 0 Å². The zero-order valence-electron chi connectivity index (χ0n) is 12.1. The molecule has 3 rings (SSSR count). The summed E-state index contributed by atoms with van der Waals surface area (Å²) in [6.07, 6.45) is 1.12. The van der Waals surface area contributed by atoms with Gasteiger partial charge in [0.2, 0.25) is 0 Å². The number of carbonyl (C=O) groups excluding carboxylic acids is 1. The highest BCUT2D eigenvalue weighted by molar-refractivity contribution is 6.33. The number of aromatic nitrogens is 1. The summed E-state index contributed by atoms with van der Waals surface area (Å²) in [6.45, 7) is 0.734. The second kappa shape index (κ2) is 6.19. The Hall–Kier alpha value is -1.71. The van der Waals surface area contributed by atoms with Crippen molar-refractivity contribution in [2.45, 2.75) is 19.4 Å². The summed E-state index contributed by atoms with van der Waals surface area (Å²) in [4.78, 5) is 11.3. The number of carbonyl (C=O) groups is 1. The fraction of sp³-hybridized carbons (Fsp3) is 0.235. The fourth-order valence-electron chi connectivity index (χ4n) is 2.77. The molecule has 3 nitrogen and oxygen atoms in total. The van der Waals surface area contributed by atoms with Crippen molar-refractivity contribution < 1.29 is 9.53 Å². The highest BCUT2D eigenvalue weighted by atomic mass is 35.5.